The molecule has 0 aliphatic rings. The summed E-state index contributed by atoms with van der Waals surface area (Å²) >= 11 is 8.66. The van der Waals surface area contributed by atoms with E-state index < -0.39 is 11.9 Å². The van der Waals surface area contributed by atoms with E-state index in [4.69, 9.17) is 41.0 Å². The van der Waals surface area contributed by atoms with Crippen LogP contribution in [0.25, 0.3) is 0 Å². The number of thioether (sulfide) groups is 2. The van der Waals surface area contributed by atoms with Crippen LogP contribution in [0.3, 0.4) is 0 Å². The summed E-state index contributed by atoms with van der Waals surface area (Å²) in [5.74, 6) is 1.66. The average Bonchev–Trinajstić information content (AvgIpc) is 3.07. The maximum Gasteiger partial charge on any atom is 0.343 e. The highest BCUT2D eigenvalue weighted by Gasteiger charge is 2.21. The summed E-state index contributed by atoms with van der Waals surface area (Å²) in [5, 5.41) is 4.47. The molecule has 4 aromatic rings. The molecule has 0 saturated heterocycles. The molecule has 0 saturated carbocycles. The minimum atomic E-state index is -0.479. The molecule has 50 heavy (non-hydrogen) atoms. The number of aryl methyl sites for hydroxylation is 3. The SMILES string of the molecule is CCOC(=O)c1c(C)nc(SC)nc1Cl.CCOC(=O)c1c(C)nc(SC)nc1Nc1cc(C)cc(OC)c1.COc1cc(N)cc(OC)c1. The fourth-order valence-electron chi connectivity index (χ4n) is 4.12. The van der Waals surface area contributed by atoms with Gasteiger partial charge < -0.3 is 34.7 Å². The number of carbonyl (C=O) groups excluding carboxylic acids is 2. The van der Waals surface area contributed by atoms with E-state index in [1.807, 2.05) is 37.6 Å². The van der Waals surface area contributed by atoms with Gasteiger partial charge in [-0.05, 0) is 64.8 Å². The number of aromatic nitrogens is 4. The highest BCUT2D eigenvalue weighted by atomic mass is 35.5. The Labute approximate surface area is 306 Å². The van der Waals surface area contributed by atoms with Crippen molar-refractivity contribution in [3.8, 4) is 17.2 Å². The number of halogens is 1. The van der Waals surface area contributed by atoms with Crippen LogP contribution in [0.5, 0.6) is 17.2 Å². The number of anilines is 3. The van der Waals surface area contributed by atoms with Crippen LogP contribution in [0.1, 0.15) is 51.5 Å². The van der Waals surface area contributed by atoms with E-state index in [1.165, 1.54) is 23.5 Å². The molecule has 0 spiro atoms. The van der Waals surface area contributed by atoms with Crippen molar-refractivity contribution in [1.82, 2.24) is 19.9 Å². The minimum absolute atomic E-state index is 0.144. The first-order chi connectivity index (χ1) is 23.8. The van der Waals surface area contributed by atoms with Gasteiger partial charge in [0.15, 0.2) is 10.3 Å². The molecular weight excluding hydrogens is 704 g/mol. The quantitative estimate of drug-likeness (QED) is 0.0512. The van der Waals surface area contributed by atoms with Gasteiger partial charge >= 0.3 is 11.9 Å². The second kappa shape index (κ2) is 20.9. The molecule has 0 fully saturated rings. The first kappa shape index (κ1) is 41.7. The first-order valence-electron chi connectivity index (χ1n) is 15.1. The molecule has 0 amide bonds. The Morgan fingerprint density at radius 3 is 1.68 bits per heavy atom. The van der Waals surface area contributed by atoms with Crippen molar-refractivity contribution in [2.75, 3.05) is 58.1 Å². The molecule has 13 nitrogen and oxygen atoms in total. The molecule has 0 aliphatic carbocycles. The Morgan fingerprint density at radius 2 is 1.20 bits per heavy atom. The minimum Gasteiger partial charge on any atom is -0.497 e. The molecule has 0 bridgehead atoms. The predicted molar refractivity (Wildman–Crippen MR) is 199 cm³/mol. The van der Waals surface area contributed by atoms with Crippen molar-refractivity contribution >= 4 is 64.3 Å². The molecule has 2 aromatic heterocycles. The van der Waals surface area contributed by atoms with Gasteiger partial charge in [-0.1, -0.05) is 35.1 Å². The van der Waals surface area contributed by atoms with Crippen molar-refractivity contribution in [3.05, 3.63) is 69.6 Å². The van der Waals surface area contributed by atoms with Gasteiger partial charge in [0, 0.05) is 35.6 Å². The van der Waals surface area contributed by atoms with Gasteiger partial charge in [0.05, 0.1) is 45.9 Å². The standard InChI is InChI=1S/C17H21N3O3S.C9H11ClN2O2S.C8H11NO2/c1-6-23-16(21)14-11(3)18-17(24-5)20-15(14)19-12-7-10(2)8-13(9-12)22-4;1-4-14-8(13)6-5(2)11-9(15-3)12-7(6)10;1-10-7-3-6(9)4-8(5-7)11-2/h7-9H,6H2,1-5H3,(H,18,19,20);4H2,1-3H3;3-5H,9H2,1-2H3. The summed E-state index contributed by atoms with van der Waals surface area (Å²) < 4.78 is 25.2. The average molecular weight is 747 g/mol. The molecule has 2 aromatic carbocycles. The number of benzene rings is 2. The zero-order valence-corrected chi connectivity index (χ0v) is 32.2. The third-order valence-electron chi connectivity index (χ3n) is 6.34. The summed E-state index contributed by atoms with van der Waals surface area (Å²) in [5.41, 5.74) is 9.71. The van der Waals surface area contributed by atoms with Crippen molar-refractivity contribution < 1.29 is 33.3 Å². The fourth-order valence-corrected chi connectivity index (χ4v) is 5.29. The highest BCUT2D eigenvalue weighted by Crippen LogP contribution is 2.28. The van der Waals surface area contributed by atoms with Gasteiger partial charge in [-0.3, -0.25) is 0 Å². The topological polar surface area (TPSA) is 170 Å². The van der Waals surface area contributed by atoms with Crippen LogP contribution in [0.2, 0.25) is 5.15 Å². The summed E-state index contributed by atoms with van der Waals surface area (Å²) in [6.07, 6.45) is 3.73. The van der Waals surface area contributed by atoms with E-state index >= 15 is 0 Å². The summed E-state index contributed by atoms with van der Waals surface area (Å²) in [7, 11) is 4.80. The number of nitrogen functional groups attached to an aromatic ring is 1. The monoisotopic (exact) mass is 746 g/mol. The van der Waals surface area contributed by atoms with Gasteiger partial charge in [-0.25, -0.2) is 29.5 Å². The number of methoxy groups -OCH3 is 3. The zero-order valence-electron chi connectivity index (χ0n) is 29.8. The number of carbonyl (C=O) groups is 2. The number of ether oxygens (including phenoxy) is 5. The predicted octanol–water partition coefficient (Wildman–Crippen LogP) is 7.37. The Morgan fingerprint density at radius 1 is 0.720 bits per heavy atom. The largest absolute Gasteiger partial charge is 0.497 e. The van der Waals surface area contributed by atoms with E-state index in [1.54, 1.807) is 67.2 Å². The van der Waals surface area contributed by atoms with Gasteiger partial charge in [0.25, 0.3) is 0 Å². The van der Waals surface area contributed by atoms with Gasteiger partial charge in [-0.15, -0.1) is 0 Å². The van der Waals surface area contributed by atoms with Gasteiger partial charge in [0.1, 0.15) is 39.3 Å². The summed E-state index contributed by atoms with van der Waals surface area (Å²) in [6.45, 7) is 9.55. The molecule has 4 rings (SSSR count). The van der Waals surface area contributed by atoms with E-state index in [0.29, 0.717) is 63.5 Å². The van der Waals surface area contributed by atoms with E-state index in [-0.39, 0.29) is 10.7 Å². The van der Waals surface area contributed by atoms with Crippen molar-refractivity contribution in [1.29, 1.82) is 0 Å². The second-order valence-corrected chi connectivity index (χ2v) is 11.8. The third-order valence-corrected chi connectivity index (χ3v) is 7.71. The summed E-state index contributed by atoms with van der Waals surface area (Å²) in [6, 6.07) is 11.0. The smallest absolute Gasteiger partial charge is 0.343 e. The fraction of sp³-hybridized carbons (Fsp3) is 0.353. The maximum atomic E-state index is 12.3. The lowest BCUT2D eigenvalue weighted by molar-refractivity contribution is 0.0515. The number of nitrogens with two attached hydrogens (primary N) is 1. The lowest BCUT2D eigenvalue weighted by atomic mass is 10.2. The Hall–Kier alpha value is -4.47. The van der Waals surface area contributed by atoms with Crippen LogP contribution < -0.4 is 25.3 Å². The lowest BCUT2D eigenvalue weighted by Crippen LogP contribution is -2.13. The molecule has 16 heteroatoms. The first-order valence-corrected chi connectivity index (χ1v) is 17.9. The van der Waals surface area contributed by atoms with Crippen LogP contribution in [0, 0.1) is 20.8 Å². The normalized spacial score (nSPS) is 10.1. The number of nitrogens with zero attached hydrogens (tertiary/aromatic N) is 4. The molecule has 3 N–H and O–H groups in total. The second-order valence-electron chi connectivity index (χ2n) is 9.93. The van der Waals surface area contributed by atoms with Gasteiger partial charge in [-0.2, -0.15) is 0 Å². The molecule has 2 heterocycles. The van der Waals surface area contributed by atoms with Crippen LogP contribution in [-0.4, -0.2) is 78.9 Å². The molecule has 0 aliphatic heterocycles. The maximum absolute atomic E-state index is 12.3. The Balaban J connectivity index is 0.000000284. The molecule has 0 radical (unpaired) electrons. The van der Waals surface area contributed by atoms with Crippen LogP contribution >= 0.6 is 35.1 Å². The number of nitrogens with one attached hydrogen (secondary N) is 1. The molecule has 0 atom stereocenters. The zero-order chi connectivity index (χ0) is 37.4. The van der Waals surface area contributed by atoms with E-state index in [9.17, 15) is 9.59 Å². The molecule has 0 unspecified atom stereocenters. The van der Waals surface area contributed by atoms with Crippen molar-refractivity contribution in [2.45, 2.75) is 44.9 Å². The molecule has 270 valence electrons. The van der Waals surface area contributed by atoms with Crippen LogP contribution in [0.4, 0.5) is 17.2 Å². The Bertz CT molecular complexity index is 1720. The molecular formula is C34H43ClN6O7S2. The van der Waals surface area contributed by atoms with E-state index in [2.05, 4.69) is 25.3 Å². The number of esters is 2. The lowest BCUT2D eigenvalue weighted by Gasteiger charge is -2.14. The number of rotatable bonds is 11. The Kier molecular flexibility index (Phi) is 17.4. The van der Waals surface area contributed by atoms with Crippen molar-refractivity contribution in [2.24, 2.45) is 0 Å². The summed E-state index contributed by atoms with van der Waals surface area (Å²) in [4.78, 5) is 40.6. The highest BCUT2D eigenvalue weighted by molar-refractivity contribution is 7.98. The van der Waals surface area contributed by atoms with Crippen molar-refractivity contribution in [3.63, 3.8) is 0 Å². The third kappa shape index (κ3) is 12.4. The van der Waals surface area contributed by atoms with Gasteiger partial charge in [0.2, 0.25) is 0 Å². The number of hydrogen-bond donors (Lipinski definition) is 2. The van der Waals surface area contributed by atoms with Crippen LogP contribution in [0.15, 0.2) is 46.7 Å². The van der Waals surface area contributed by atoms with E-state index in [0.717, 1.165) is 17.0 Å². The van der Waals surface area contributed by atoms with Crippen LogP contribution in [-0.2, 0) is 9.47 Å². The number of hydrogen-bond acceptors (Lipinski definition) is 15.